The van der Waals surface area contributed by atoms with Crippen LogP contribution in [0.3, 0.4) is 0 Å². The molecule has 0 aliphatic carbocycles. The summed E-state index contributed by atoms with van der Waals surface area (Å²) in [6, 6.07) is 7.41. The van der Waals surface area contributed by atoms with Gasteiger partial charge in [-0.2, -0.15) is 4.31 Å². The number of benzene rings is 1. The zero-order chi connectivity index (χ0) is 16.9. The van der Waals surface area contributed by atoms with Crippen LogP contribution >= 0.6 is 0 Å². The molecule has 122 valence electrons. The lowest BCUT2D eigenvalue weighted by Gasteiger charge is -2.27. The van der Waals surface area contributed by atoms with Gasteiger partial charge < -0.3 is 10.0 Å². The minimum Gasteiger partial charge on any atom is -0.480 e. The highest BCUT2D eigenvalue weighted by molar-refractivity contribution is 7.89. The van der Waals surface area contributed by atoms with Crippen LogP contribution in [-0.4, -0.2) is 60.8 Å². The Hall–Kier alpha value is -1.93. The maximum atomic E-state index is 12.3. The highest BCUT2D eigenvalue weighted by Gasteiger charge is 2.27. The summed E-state index contributed by atoms with van der Waals surface area (Å²) in [6.45, 7) is 2.47. The van der Waals surface area contributed by atoms with Crippen LogP contribution in [0.1, 0.15) is 13.8 Å². The van der Waals surface area contributed by atoms with E-state index in [1.807, 2.05) is 0 Å². The molecule has 22 heavy (non-hydrogen) atoms. The molecule has 0 radical (unpaired) electrons. The van der Waals surface area contributed by atoms with E-state index < -0.39 is 35.0 Å². The van der Waals surface area contributed by atoms with E-state index in [2.05, 4.69) is 0 Å². The Bertz CT molecular complexity index is 628. The largest absolute Gasteiger partial charge is 0.480 e. The Morgan fingerprint density at radius 2 is 1.68 bits per heavy atom. The van der Waals surface area contributed by atoms with Crippen LogP contribution in [0.4, 0.5) is 0 Å². The van der Waals surface area contributed by atoms with Crippen molar-refractivity contribution in [2.24, 2.45) is 0 Å². The third-order valence-corrected chi connectivity index (χ3v) is 4.88. The summed E-state index contributed by atoms with van der Waals surface area (Å²) in [7, 11) is -2.49. The van der Waals surface area contributed by atoms with E-state index in [0.717, 1.165) is 9.21 Å². The van der Waals surface area contributed by atoms with Crippen molar-refractivity contribution in [1.82, 2.24) is 9.21 Å². The van der Waals surface area contributed by atoms with Crippen molar-refractivity contribution in [3.63, 3.8) is 0 Å². The molecule has 0 saturated heterocycles. The Labute approximate surface area is 130 Å². The van der Waals surface area contributed by atoms with E-state index in [-0.39, 0.29) is 10.9 Å². The van der Waals surface area contributed by atoms with E-state index in [9.17, 15) is 18.0 Å². The predicted octanol–water partition coefficient (Wildman–Crippen LogP) is 0.629. The first-order valence-corrected chi connectivity index (χ1v) is 8.13. The van der Waals surface area contributed by atoms with Gasteiger partial charge in [-0.05, 0) is 26.0 Å². The molecule has 1 N–H and O–H groups in total. The van der Waals surface area contributed by atoms with Crippen molar-refractivity contribution in [1.29, 1.82) is 0 Å². The second kappa shape index (κ2) is 7.37. The van der Waals surface area contributed by atoms with Gasteiger partial charge in [-0.1, -0.05) is 18.2 Å². The van der Waals surface area contributed by atoms with Crippen LogP contribution in [-0.2, 0) is 19.6 Å². The Kier molecular flexibility index (Phi) is 6.07. The lowest BCUT2D eigenvalue weighted by atomic mass is 10.3. The highest BCUT2D eigenvalue weighted by Crippen LogP contribution is 2.13. The van der Waals surface area contributed by atoms with Crippen molar-refractivity contribution in [2.75, 3.05) is 20.1 Å². The standard InChI is InChI=1S/C14H20N2O5S/c1-11(2)16(10-14(18)19)13(17)9-15(3)22(20,21)12-7-5-4-6-8-12/h4-8,11H,9-10H2,1-3H3,(H,18,19). The van der Waals surface area contributed by atoms with Crippen molar-refractivity contribution < 1.29 is 23.1 Å². The third kappa shape index (κ3) is 4.54. The molecule has 0 saturated carbocycles. The van der Waals surface area contributed by atoms with Gasteiger partial charge in [-0.15, -0.1) is 0 Å². The molecule has 0 atom stereocenters. The van der Waals surface area contributed by atoms with Crippen LogP contribution in [0.25, 0.3) is 0 Å². The van der Waals surface area contributed by atoms with Gasteiger partial charge in [-0.3, -0.25) is 9.59 Å². The number of carboxylic acid groups (broad SMARTS) is 1. The summed E-state index contributed by atoms with van der Waals surface area (Å²) >= 11 is 0. The molecule has 8 heteroatoms. The molecule has 0 heterocycles. The monoisotopic (exact) mass is 328 g/mol. The van der Waals surface area contributed by atoms with Crippen LogP contribution in [0.2, 0.25) is 0 Å². The molecule has 0 aromatic heterocycles. The van der Waals surface area contributed by atoms with Gasteiger partial charge in [0.05, 0.1) is 11.4 Å². The minimum absolute atomic E-state index is 0.0830. The highest BCUT2D eigenvalue weighted by atomic mass is 32.2. The number of nitrogens with zero attached hydrogens (tertiary/aromatic N) is 2. The molecule has 1 aromatic carbocycles. The molecule has 1 aromatic rings. The number of rotatable bonds is 7. The van der Waals surface area contributed by atoms with Gasteiger partial charge >= 0.3 is 5.97 Å². The van der Waals surface area contributed by atoms with E-state index in [0.29, 0.717) is 0 Å². The molecule has 1 amide bonds. The first-order valence-electron chi connectivity index (χ1n) is 6.69. The second-order valence-corrected chi connectivity index (χ2v) is 7.13. The summed E-state index contributed by atoms with van der Waals surface area (Å²) in [5.74, 6) is -1.70. The quantitative estimate of drug-likeness (QED) is 0.792. The van der Waals surface area contributed by atoms with Gasteiger partial charge in [0.25, 0.3) is 0 Å². The lowest BCUT2D eigenvalue weighted by molar-refractivity contribution is -0.145. The third-order valence-electron chi connectivity index (χ3n) is 3.06. The number of sulfonamides is 1. The van der Waals surface area contributed by atoms with Gasteiger partial charge in [0, 0.05) is 13.1 Å². The SMILES string of the molecule is CC(C)N(CC(=O)O)C(=O)CN(C)S(=O)(=O)c1ccccc1. The maximum Gasteiger partial charge on any atom is 0.323 e. The van der Waals surface area contributed by atoms with Crippen LogP contribution in [0.5, 0.6) is 0 Å². The van der Waals surface area contributed by atoms with Crippen molar-refractivity contribution in [2.45, 2.75) is 24.8 Å². The summed E-state index contributed by atoms with van der Waals surface area (Å²) in [5.41, 5.74) is 0. The zero-order valence-electron chi connectivity index (χ0n) is 12.8. The number of hydrogen-bond acceptors (Lipinski definition) is 4. The zero-order valence-corrected chi connectivity index (χ0v) is 13.6. The number of amides is 1. The fourth-order valence-corrected chi connectivity index (χ4v) is 2.98. The Morgan fingerprint density at radius 1 is 1.14 bits per heavy atom. The van der Waals surface area contributed by atoms with E-state index >= 15 is 0 Å². The number of aliphatic carboxylic acids is 1. The summed E-state index contributed by atoms with van der Waals surface area (Å²) in [4.78, 5) is 24.2. The molecule has 7 nitrogen and oxygen atoms in total. The molecular weight excluding hydrogens is 308 g/mol. The maximum absolute atomic E-state index is 12.3. The van der Waals surface area contributed by atoms with Gasteiger partial charge in [0.1, 0.15) is 6.54 Å². The molecule has 0 aliphatic heterocycles. The van der Waals surface area contributed by atoms with Crippen LogP contribution < -0.4 is 0 Å². The van der Waals surface area contributed by atoms with Crippen molar-refractivity contribution in [3.8, 4) is 0 Å². The van der Waals surface area contributed by atoms with E-state index in [1.165, 1.54) is 19.2 Å². The molecule has 1 rings (SSSR count). The first-order chi connectivity index (χ1) is 10.2. The molecule has 0 spiro atoms. The fourth-order valence-electron chi connectivity index (χ4n) is 1.84. The van der Waals surface area contributed by atoms with Crippen LogP contribution in [0, 0.1) is 0 Å². The average Bonchev–Trinajstić information content (AvgIpc) is 2.44. The van der Waals surface area contributed by atoms with E-state index in [4.69, 9.17) is 5.11 Å². The molecule has 0 fully saturated rings. The summed E-state index contributed by atoms with van der Waals surface area (Å²) in [5, 5.41) is 8.83. The molecule has 0 unspecified atom stereocenters. The van der Waals surface area contributed by atoms with Crippen LogP contribution in [0.15, 0.2) is 35.2 Å². The van der Waals surface area contributed by atoms with Gasteiger partial charge in [-0.25, -0.2) is 8.42 Å². The second-order valence-electron chi connectivity index (χ2n) is 5.08. The van der Waals surface area contributed by atoms with E-state index in [1.54, 1.807) is 32.0 Å². The Morgan fingerprint density at radius 3 is 2.14 bits per heavy atom. The van der Waals surface area contributed by atoms with Crippen molar-refractivity contribution in [3.05, 3.63) is 30.3 Å². The number of carbonyl (C=O) groups excluding carboxylic acids is 1. The number of carboxylic acids is 1. The fraction of sp³-hybridized carbons (Fsp3) is 0.429. The Balaban J connectivity index is 2.89. The first kappa shape index (κ1) is 18.1. The smallest absolute Gasteiger partial charge is 0.323 e. The average molecular weight is 328 g/mol. The van der Waals surface area contributed by atoms with Crippen molar-refractivity contribution >= 4 is 21.9 Å². The summed E-state index contributed by atoms with van der Waals surface area (Å²) < 4.78 is 25.6. The predicted molar refractivity (Wildman–Crippen MR) is 80.7 cm³/mol. The molecular formula is C14H20N2O5S. The molecule has 0 aliphatic rings. The number of likely N-dealkylation sites (N-methyl/N-ethyl adjacent to an activating group) is 1. The van der Waals surface area contributed by atoms with Gasteiger partial charge in [0.15, 0.2) is 0 Å². The number of carbonyl (C=O) groups is 2. The lowest BCUT2D eigenvalue weighted by Crippen LogP contribution is -2.46. The summed E-state index contributed by atoms with van der Waals surface area (Å²) in [6.07, 6.45) is 0. The number of hydrogen-bond donors (Lipinski definition) is 1. The molecule has 0 bridgehead atoms. The minimum atomic E-state index is -3.78. The normalized spacial score (nSPS) is 11.7. The topological polar surface area (TPSA) is 95.0 Å². The van der Waals surface area contributed by atoms with Gasteiger partial charge in [0.2, 0.25) is 15.9 Å².